The molecule has 51 heavy (non-hydrogen) atoms. The smallest absolute Gasteiger partial charge is 0.390 e. The van der Waals surface area contributed by atoms with E-state index in [1.165, 1.54) is 57.8 Å². The first kappa shape index (κ1) is 49.4. The second kappa shape index (κ2) is 33.0. The van der Waals surface area contributed by atoms with E-state index in [0.717, 1.165) is 57.8 Å². The first-order chi connectivity index (χ1) is 24.4. The molecular formula is C41H78N2O7P+. The molecule has 1 amide bonds. The Balaban J connectivity index is 4.68. The normalized spacial score (nSPS) is 15.7. The molecule has 0 spiro atoms. The molecule has 9 nitrogen and oxygen atoms in total. The van der Waals surface area contributed by atoms with Crippen molar-refractivity contribution < 1.29 is 38.0 Å². The third-order valence-corrected chi connectivity index (χ3v) is 9.67. The summed E-state index contributed by atoms with van der Waals surface area (Å²) < 4.78 is 23.4. The Hall–Kier alpha value is -1.58. The lowest BCUT2D eigenvalue weighted by Crippen LogP contribution is -2.51. The van der Waals surface area contributed by atoms with Gasteiger partial charge in [-0.1, -0.05) is 140 Å². The molecule has 4 unspecified atom stereocenters. The molecule has 0 radical (unpaired) electrons. The van der Waals surface area contributed by atoms with Crippen molar-refractivity contribution in [1.82, 2.24) is 5.32 Å². The van der Waals surface area contributed by atoms with Gasteiger partial charge in [0.05, 0.1) is 39.9 Å². The van der Waals surface area contributed by atoms with Crippen LogP contribution in [0.25, 0.3) is 0 Å². The molecule has 0 aliphatic heterocycles. The van der Waals surface area contributed by atoms with Crippen LogP contribution in [-0.4, -0.2) is 84.6 Å². The molecule has 10 heteroatoms. The van der Waals surface area contributed by atoms with Gasteiger partial charge in [-0.2, -0.15) is 0 Å². The van der Waals surface area contributed by atoms with Crippen LogP contribution in [0.4, 0.5) is 0 Å². The van der Waals surface area contributed by atoms with Crippen LogP contribution >= 0.6 is 7.82 Å². The van der Waals surface area contributed by atoms with Crippen molar-refractivity contribution in [3.63, 3.8) is 0 Å². The average molecular weight is 742 g/mol. The number of allylic oxidation sites excluding steroid dienone is 8. The number of quaternary nitrogens is 1. The number of nitrogens with one attached hydrogen (secondary N) is 1. The van der Waals surface area contributed by atoms with Crippen LogP contribution < -0.4 is 5.32 Å². The number of carbonyl (C=O) groups is 1. The van der Waals surface area contributed by atoms with E-state index in [-0.39, 0.29) is 18.9 Å². The Morgan fingerprint density at radius 1 is 0.706 bits per heavy atom. The molecular weight excluding hydrogens is 663 g/mol. The van der Waals surface area contributed by atoms with Gasteiger partial charge in [-0.25, -0.2) is 4.57 Å². The molecule has 4 N–H and O–H groups in total. The molecule has 0 aromatic heterocycles. The zero-order chi connectivity index (χ0) is 38.1. The van der Waals surface area contributed by atoms with Crippen LogP contribution in [0.15, 0.2) is 48.6 Å². The minimum atomic E-state index is -4.42. The Labute approximate surface area is 312 Å². The quantitative estimate of drug-likeness (QED) is 0.0221. The predicted molar refractivity (Wildman–Crippen MR) is 213 cm³/mol. The van der Waals surface area contributed by atoms with E-state index in [9.17, 15) is 24.5 Å². The molecule has 0 rings (SSSR count). The molecule has 298 valence electrons. The minimum Gasteiger partial charge on any atom is -0.390 e. The lowest BCUT2D eigenvalue weighted by Gasteiger charge is -2.28. The predicted octanol–water partition coefficient (Wildman–Crippen LogP) is 9.49. The van der Waals surface area contributed by atoms with E-state index in [0.29, 0.717) is 23.9 Å². The maximum Gasteiger partial charge on any atom is 0.472 e. The first-order valence-electron chi connectivity index (χ1n) is 20.1. The number of rotatable bonds is 35. The van der Waals surface area contributed by atoms with Gasteiger partial charge in [0, 0.05) is 6.42 Å². The second-order valence-electron chi connectivity index (χ2n) is 14.8. The maximum atomic E-state index is 12.8. The third kappa shape index (κ3) is 34.0. The van der Waals surface area contributed by atoms with Gasteiger partial charge in [-0.15, -0.1) is 0 Å². The summed E-state index contributed by atoms with van der Waals surface area (Å²) in [6, 6.07) is -1.05. The van der Waals surface area contributed by atoms with E-state index < -0.39 is 32.7 Å². The van der Waals surface area contributed by atoms with Crippen LogP contribution in [0.1, 0.15) is 149 Å². The molecule has 0 aliphatic rings. The van der Waals surface area contributed by atoms with Crippen molar-refractivity contribution in [2.75, 3.05) is 40.9 Å². The van der Waals surface area contributed by atoms with Crippen molar-refractivity contribution in [2.45, 2.75) is 167 Å². The van der Waals surface area contributed by atoms with Crippen molar-refractivity contribution in [2.24, 2.45) is 0 Å². The van der Waals surface area contributed by atoms with E-state index in [4.69, 9.17) is 9.05 Å². The number of unbranched alkanes of at least 4 members (excludes halogenated alkanes) is 13. The molecule has 0 aliphatic carbocycles. The Morgan fingerprint density at radius 3 is 1.75 bits per heavy atom. The minimum absolute atomic E-state index is 0.0116. The zero-order valence-electron chi connectivity index (χ0n) is 33.2. The summed E-state index contributed by atoms with van der Waals surface area (Å²) in [7, 11) is 1.40. The van der Waals surface area contributed by atoms with Crippen molar-refractivity contribution in [1.29, 1.82) is 0 Å². The Kier molecular flexibility index (Phi) is 32.0. The number of nitrogens with zero attached hydrogens (tertiary/aromatic N) is 1. The van der Waals surface area contributed by atoms with Gasteiger partial charge in [0.1, 0.15) is 19.3 Å². The number of phosphoric acid groups is 1. The largest absolute Gasteiger partial charge is 0.472 e. The zero-order valence-corrected chi connectivity index (χ0v) is 34.1. The van der Waals surface area contributed by atoms with Gasteiger partial charge in [0.2, 0.25) is 5.91 Å². The summed E-state index contributed by atoms with van der Waals surface area (Å²) in [6.45, 7) is 4.42. The summed E-state index contributed by atoms with van der Waals surface area (Å²) in [5, 5.41) is 24.6. The first-order valence-corrected chi connectivity index (χ1v) is 21.6. The topological polar surface area (TPSA) is 125 Å². The number of likely N-dealkylation sites (N-methyl/N-ethyl adjacent to an activating group) is 1. The average Bonchev–Trinajstić information content (AvgIpc) is 3.07. The summed E-state index contributed by atoms with van der Waals surface area (Å²) >= 11 is 0. The molecule has 0 saturated heterocycles. The standard InChI is InChI=1S/C41H77N2O7P/c1-6-8-10-12-14-16-18-20-21-22-24-26-28-30-32-34-40(45)42-38(37-50-51(47,48)49-36-35-43(3,4)5)41(46)39(44)33-31-29-27-25-23-19-17-15-13-11-9-7-2/h8,10,14,16,20-21,24,26,38-39,41,44,46H,6-7,9,11-13,15,17-19,22-23,25,27-37H2,1-5H3,(H-,42,45,47,48)/p+1/b10-8-,16-14-,21-20-,26-24-. The lowest BCUT2D eigenvalue weighted by atomic mass is 9.99. The number of amides is 1. The van der Waals surface area contributed by atoms with Gasteiger partial charge in [0.15, 0.2) is 0 Å². The fourth-order valence-corrected chi connectivity index (χ4v) is 6.16. The summed E-state index contributed by atoms with van der Waals surface area (Å²) in [5.74, 6) is -0.302. The lowest BCUT2D eigenvalue weighted by molar-refractivity contribution is -0.870. The Morgan fingerprint density at radius 2 is 1.22 bits per heavy atom. The SMILES string of the molecule is CC/C=C\C/C=C\C/C=C\C/C=C\CCCCC(=O)NC(COP(=O)(O)OCC[N+](C)(C)C)C(O)C(O)CCCCCCCCCCCCCC. The van der Waals surface area contributed by atoms with E-state index in [1.54, 1.807) is 0 Å². The fourth-order valence-electron chi connectivity index (χ4n) is 5.43. The number of carbonyl (C=O) groups excluding carboxylic acids is 1. The van der Waals surface area contributed by atoms with Crippen LogP contribution in [0.3, 0.4) is 0 Å². The fraction of sp³-hybridized carbons (Fsp3) is 0.780. The summed E-state index contributed by atoms with van der Waals surface area (Å²) in [6.07, 6.45) is 36.0. The van der Waals surface area contributed by atoms with Crippen molar-refractivity contribution >= 4 is 13.7 Å². The highest BCUT2D eigenvalue weighted by atomic mass is 31.2. The summed E-state index contributed by atoms with van der Waals surface area (Å²) in [5.41, 5.74) is 0. The van der Waals surface area contributed by atoms with Gasteiger partial charge in [-0.3, -0.25) is 13.8 Å². The molecule has 4 atom stereocenters. The van der Waals surface area contributed by atoms with E-state index in [1.807, 2.05) is 21.1 Å². The highest BCUT2D eigenvalue weighted by Crippen LogP contribution is 2.43. The number of hydrogen-bond acceptors (Lipinski definition) is 6. The van der Waals surface area contributed by atoms with Gasteiger partial charge < -0.3 is 24.9 Å². The highest BCUT2D eigenvalue weighted by Gasteiger charge is 2.31. The van der Waals surface area contributed by atoms with Gasteiger partial charge >= 0.3 is 7.82 Å². The van der Waals surface area contributed by atoms with E-state index >= 15 is 0 Å². The van der Waals surface area contributed by atoms with E-state index in [2.05, 4.69) is 67.8 Å². The second-order valence-corrected chi connectivity index (χ2v) is 16.2. The van der Waals surface area contributed by atoms with Gasteiger partial charge in [0.25, 0.3) is 0 Å². The molecule has 0 fully saturated rings. The van der Waals surface area contributed by atoms with Crippen molar-refractivity contribution in [3.05, 3.63) is 48.6 Å². The summed E-state index contributed by atoms with van der Waals surface area (Å²) in [4.78, 5) is 23.1. The molecule has 0 heterocycles. The van der Waals surface area contributed by atoms with Gasteiger partial charge in [-0.05, 0) is 51.4 Å². The number of aliphatic hydroxyl groups is 2. The van der Waals surface area contributed by atoms with Crippen LogP contribution in [0.5, 0.6) is 0 Å². The third-order valence-electron chi connectivity index (χ3n) is 8.68. The highest BCUT2D eigenvalue weighted by molar-refractivity contribution is 7.47. The Bertz CT molecular complexity index is 993. The van der Waals surface area contributed by atoms with Crippen LogP contribution in [-0.2, 0) is 18.4 Å². The van der Waals surface area contributed by atoms with Crippen LogP contribution in [0, 0.1) is 0 Å². The monoisotopic (exact) mass is 742 g/mol. The van der Waals surface area contributed by atoms with Crippen LogP contribution in [0.2, 0.25) is 0 Å². The molecule has 0 aromatic rings. The maximum absolute atomic E-state index is 12.8. The molecule has 0 aromatic carbocycles. The molecule has 0 bridgehead atoms. The molecule has 0 saturated carbocycles. The van der Waals surface area contributed by atoms with Crippen molar-refractivity contribution in [3.8, 4) is 0 Å². The number of aliphatic hydroxyl groups excluding tert-OH is 2. The number of hydrogen-bond donors (Lipinski definition) is 4. The number of phosphoric ester groups is 1.